The lowest BCUT2D eigenvalue weighted by atomic mass is 10.1. The van der Waals surface area contributed by atoms with Gasteiger partial charge in [-0.15, -0.1) is 0 Å². The number of hydrogen-bond acceptors (Lipinski definition) is 6. The van der Waals surface area contributed by atoms with Gasteiger partial charge in [0.2, 0.25) is 5.91 Å². The first-order chi connectivity index (χ1) is 10.8. The van der Waals surface area contributed by atoms with Crippen LogP contribution in [0.25, 0.3) is 0 Å². The summed E-state index contributed by atoms with van der Waals surface area (Å²) >= 11 is 0. The summed E-state index contributed by atoms with van der Waals surface area (Å²) in [4.78, 5) is 46.1. The van der Waals surface area contributed by atoms with E-state index in [1.54, 1.807) is 6.92 Å². The minimum Gasteiger partial charge on any atom is -0.465 e. The zero-order chi connectivity index (χ0) is 17.6. The molecular weight excluding hydrogens is 306 g/mol. The van der Waals surface area contributed by atoms with Crippen molar-refractivity contribution < 1.29 is 24.0 Å². The minimum atomic E-state index is -0.844. The summed E-state index contributed by atoms with van der Waals surface area (Å²) in [7, 11) is 1.29. The fraction of sp³-hybridized carbons (Fsp3) is 0.357. The van der Waals surface area contributed by atoms with Crippen LogP contribution in [-0.2, 0) is 14.3 Å². The third-order valence-corrected chi connectivity index (χ3v) is 2.97. The predicted molar refractivity (Wildman–Crippen MR) is 79.2 cm³/mol. The Kier molecular flexibility index (Phi) is 6.19. The van der Waals surface area contributed by atoms with E-state index in [1.165, 1.54) is 38.2 Å². The average Bonchev–Trinajstić information content (AvgIpc) is 2.51. The predicted octanol–water partition coefficient (Wildman–Crippen LogP) is 0.993. The van der Waals surface area contributed by atoms with Gasteiger partial charge in [-0.25, -0.2) is 5.01 Å². The molecule has 0 aromatic heterocycles. The van der Waals surface area contributed by atoms with Crippen molar-refractivity contribution in [2.45, 2.75) is 13.8 Å². The number of nitrogens with zero attached hydrogens (tertiary/aromatic N) is 3. The van der Waals surface area contributed by atoms with E-state index >= 15 is 0 Å². The molecule has 9 nitrogen and oxygen atoms in total. The fourth-order valence-electron chi connectivity index (χ4n) is 1.77. The second-order valence-corrected chi connectivity index (χ2v) is 4.48. The molecule has 0 aliphatic heterocycles. The lowest BCUT2D eigenvalue weighted by Crippen LogP contribution is -2.49. The van der Waals surface area contributed by atoms with Gasteiger partial charge in [0.25, 0.3) is 11.6 Å². The lowest BCUT2D eigenvalue weighted by Gasteiger charge is -2.30. The Balaban J connectivity index is 3.21. The van der Waals surface area contributed by atoms with Crippen LogP contribution in [0.1, 0.15) is 24.2 Å². The number of para-hydroxylation sites is 1. The Bertz CT molecular complexity index is 631. The van der Waals surface area contributed by atoms with Gasteiger partial charge in [0.05, 0.1) is 11.5 Å². The Morgan fingerprint density at radius 2 is 1.87 bits per heavy atom. The van der Waals surface area contributed by atoms with Crippen molar-refractivity contribution in [3.63, 3.8) is 0 Å². The van der Waals surface area contributed by atoms with Crippen molar-refractivity contribution >= 4 is 23.5 Å². The molecule has 0 N–H and O–H groups in total. The molecule has 0 aliphatic carbocycles. The van der Waals surface area contributed by atoms with Crippen molar-refractivity contribution in [3.05, 3.63) is 39.9 Å². The van der Waals surface area contributed by atoms with Gasteiger partial charge in [0, 0.05) is 20.0 Å². The summed E-state index contributed by atoms with van der Waals surface area (Å²) in [5.41, 5.74) is -0.641. The molecule has 0 atom stereocenters. The molecule has 1 aromatic carbocycles. The molecular formula is C14H17N3O6. The van der Waals surface area contributed by atoms with E-state index in [9.17, 15) is 24.5 Å². The first-order valence-corrected chi connectivity index (χ1v) is 6.74. The Hall–Kier alpha value is -2.97. The summed E-state index contributed by atoms with van der Waals surface area (Å²) in [6.45, 7) is 2.37. The molecule has 0 spiro atoms. The maximum atomic E-state index is 12.6. The highest BCUT2D eigenvalue weighted by atomic mass is 16.6. The number of amides is 2. The maximum Gasteiger partial charge on any atom is 0.327 e. The van der Waals surface area contributed by atoms with Gasteiger partial charge in [0.15, 0.2) is 0 Å². The molecule has 0 saturated heterocycles. The average molecular weight is 323 g/mol. The number of carbonyl (C=O) groups is 3. The first kappa shape index (κ1) is 18.1. The summed E-state index contributed by atoms with van der Waals surface area (Å²) < 4.78 is 4.76. The number of nitro benzene ring substituents is 1. The molecule has 1 rings (SSSR count). The molecule has 2 amide bonds. The zero-order valence-corrected chi connectivity index (χ0v) is 13.0. The number of rotatable bonds is 5. The number of ether oxygens (including phenoxy) is 1. The van der Waals surface area contributed by atoms with Crippen molar-refractivity contribution in [1.29, 1.82) is 0 Å². The van der Waals surface area contributed by atoms with Gasteiger partial charge in [-0.1, -0.05) is 12.1 Å². The Morgan fingerprint density at radius 3 is 2.39 bits per heavy atom. The van der Waals surface area contributed by atoms with E-state index in [4.69, 9.17) is 4.74 Å². The highest BCUT2D eigenvalue weighted by Crippen LogP contribution is 2.20. The third kappa shape index (κ3) is 4.50. The number of benzene rings is 1. The van der Waals surface area contributed by atoms with Crippen LogP contribution in [0.15, 0.2) is 24.3 Å². The van der Waals surface area contributed by atoms with Crippen molar-refractivity contribution in [3.8, 4) is 0 Å². The molecule has 23 heavy (non-hydrogen) atoms. The lowest BCUT2D eigenvalue weighted by molar-refractivity contribution is -0.385. The van der Waals surface area contributed by atoms with Crippen LogP contribution >= 0.6 is 0 Å². The quantitative estimate of drug-likeness (QED) is 0.454. The molecule has 124 valence electrons. The van der Waals surface area contributed by atoms with E-state index in [0.29, 0.717) is 0 Å². The molecule has 9 heteroatoms. The van der Waals surface area contributed by atoms with Crippen molar-refractivity contribution in [1.82, 2.24) is 10.0 Å². The molecule has 1 aromatic rings. The molecule has 0 heterocycles. The number of nitro groups is 1. The van der Waals surface area contributed by atoms with E-state index in [-0.39, 0.29) is 12.2 Å². The smallest absolute Gasteiger partial charge is 0.327 e. The van der Waals surface area contributed by atoms with E-state index < -0.39 is 34.9 Å². The zero-order valence-electron chi connectivity index (χ0n) is 13.0. The van der Waals surface area contributed by atoms with Crippen LogP contribution in [-0.4, -0.2) is 52.9 Å². The maximum absolute atomic E-state index is 12.6. The van der Waals surface area contributed by atoms with Crippen LogP contribution in [0.3, 0.4) is 0 Å². The van der Waals surface area contributed by atoms with Crippen LogP contribution < -0.4 is 0 Å². The van der Waals surface area contributed by atoms with E-state index in [1.807, 2.05) is 0 Å². The molecule has 0 bridgehead atoms. The molecule has 0 saturated carbocycles. The van der Waals surface area contributed by atoms with Crippen LogP contribution in [0.4, 0.5) is 5.69 Å². The first-order valence-electron chi connectivity index (χ1n) is 6.74. The van der Waals surface area contributed by atoms with E-state index in [2.05, 4.69) is 0 Å². The Labute approximate surface area is 132 Å². The highest BCUT2D eigenvalue weighted by molar-refractivity contribution is 6.00. The van der Waals surface area contributed by atoms with Gasteiger partial charge in [-0.3, -0.25) is 29.5 Å². The molecule has 0 fully saturated rings. The SMILES string of the molecule is CCOC(=O)CN(C(=O)c1ccccc1[N+](=O)[O-])N(C)C(C)=O. The summed E-state index contributed by atoms with van der Waals surface area (Å²) in [6.07, 6.45) is 0. The van der Waals surface area contributed by atoms with Gasteiger partial charge in [-0.2, -0.15) is 0 Å². The molecule has 0 unspecified atom stereocenters. The highest BCUT2D eigenvalue weighted by Gasteiger charge is 2.29. The van der Waals surface area contributed by atoms with E-state index in [0.717, 1.165) is 10.0 Å². The number of carbonyl (C=O) groups excluding carboxylic acids is 3. The number of esters is 1. The largest absolute Gasteiger partial charge is 0.465 e. The van der Waals surface area contributed by atoms with Gasteiger partial charge in [0.1, 0.15) is 12.1 Å². The van der Waals surface area contributed by atoms with Gasteiger partial charge >= 0.3 is 5.97 Å². The molecule has 0 radical (unpaired) electrons. The van der Waals surface area contributed by atoms with Crippen molar-refractivity contribution in [2.75, 3.05) is 20.2 Å². The minimum absolute atomic E-state index is 0.107. The molecule has 0 aliphatic rings. The second kappa shape index (κ2) is 7.87. The summed E-state index contributed by atoms with van der Waals surface area (Å²) in [6, 6.07) is 5.30. The third-order valence-electron chi connectivity index (χ3n) is 2.97. The fourth-order valence-corrected chi connectivity index (χ4v) is 1.77. The standard InChI is InChI=1S/C14H17N3O6/c1-4-23-13(19)9-16(15(3)10(2)18)14(20)11-7-5-6-8-12(11)17(21)22/h5-8H,4,9H2,1-3H3. The summed E-state index contributed by atoms with van der Waals surface area (Å²) in [5, 5.41) is 12.8. The normalized spacial score (nSPS) is 9.87. The number of hydrogen-bond donors (Lipinski definition) is 0. The summed E-state index contributed by atoms with van der Waals surface area (Å²) in [5.74, 6) is -2.09. The Morgan fingerprint density at radius 1 is 1.26 bits per heavy atom. The topological polar surface area (TPSA) is 110 Å². The number of hydrazine groups is 1. The van der Waals surface area contributed by atoms with Crippen LogP contribution in [0, 0.1) is 10.1 Å². The van der Waals surface area contributed by atoms with Crippen molar-refractivity contribution in [2.24, 2.45) is 0 Å². The monoisotopic (exact) mass is 323 g/mol. The van der Waals surface area contributed by atoms with Crippen LogP contribution in [0.2, 0.25) is 0 Å². The van der Waals surface area contributed by atoms with Gasteiger partial charge in [-0.05, 0) is 13.0 Å². The van der Waals surface area contributed by atoms with Gasteiger partial charge < -0.3 is 4.74 Å². The van der Waals surface area contributed by atoms with Crippen LogP contribution in [0.5, 0.6) is 0 Å². The second-order valence-electron chi connectivity index (χ2n) is 4.48.